The summed E-state index contributed by atoms with van der Waals surface area (Å²) in [6.45, 7) is 0.187. The van der Waals surface area contributed by atoms with E-state index in [2.05, 4.69) is 5.32 Å². The van der Waals surface area contributed by atoms with Crippen molar-refractivity contribution < 1.29 is 19.1 Å². The predicted molar refractivity (Wildman–Crippen MR) is 55.0 cm³/mol. The van der Waals surface area contributed by atoms with Gasteiger partial charge in [0.1, 0.15) is 6.26 Å². The van der Waals surface area contributed by atoms with Gasteiger partial charge in [0, 0.05) is 6.54 Å². The average molecular weight is 223 g/mol. The molecule has 1 saturated carbocycles. The zero-order chi connectivity index (χ0) is 11.6. The Bertz CT molecular complexity index is 392. The zero-order valence-electron chi connectivity index (χ0n) is 8.73. The van der Waals surface area contributed by atoms with Crippen molar-refractivity contribution >= 4 is 11.9 Å². The van der Waals surface area contributed by atoms with Gasteiger partial charge in [-0.05, 0) is 18.9 Å². The van der Waals surface area contributed by atoms with E-state index in [4.69, 9.17) is 9.52 Å². The minimum Gasteiger partial charge on any atom is -0.481 e. The minimum absolute atomic E-state index is 0.187. The molecule has 0 bridgehead atoms. The number of hydrogen-bond donors (Lipinski definition) is 2. The van der Waals surface area contributed by atoms with E-state index in [1.807, 2.05) is 0 Å². The Morgan fingerprint density at radius 1 is 1.50 bits per heavy atom. The van der Waals surface area contributed by atoms with Crippen molar-refractivity contribution in [3.8, 4) is 0 Å². The molecule has 1 heterocycles. The molecule has 0 aliphatic heterocycles. The fourth-order valence-corrected chi connectivity index (χ4v) is 1.82. The normalized spacial score (nSPS) is 17.5. The number of carbonyl (C=O) groups excluding carboxylic acids is 1. The summed E-state index contributed by atoms with van der Waals surface area (Å²) in [4.78, 5) is 22.6. The largest absolute Gasteiger partial charge is 0.481 e. The Kier molecular flexibility index (Phi) is 2.68. The number of amides is 1. The molecule has 86 valence electrons. The van der Waals surface area contributed by atoms with Gasteiger partial charge in [-0.2, -0.15) is 0 Å². The standard InChI is InChI=1S/C11H13NO4/c13-9(8-2-5-16-6-8)12-7-11(10(14)15)3-1-4-11/h2,5-6H,1,3-4,7H2,(H,12,13)(H,14,15). The van der Waals surface area contributed by atoms with E-state index in [0.717, 1.165) is 6.42 Å². The maximum absolute atomic E-state index is 11.6. The molecule has 2 N–H and O–H groups in total. The maximum atomic E-state index is 11.6. The van der Waals surface area contributed by atoms with Gasteiger partial charge in [-0.3, -0.25) is 9.59 Å². The van der Waals surface area contributed by atoms with Crippen LogP contribution in [0.2, 0.25) is 0 Å². The second-order valence-corrected chi connectivity index (χ2v) is 4.13. The fraction of sp³-hybridized carbons (Fsp3) is 0.455. The summed E-state index contributed by atoms with van der Waals surface area (Å²) in [5.74, 6) is -1.12. The predicted octanol–water partition coefficient (Wildman–Crippen LogP) is 1.26. The van der Waals surface area contributed by atoms with Crippen molar-refractivity contribution in [2.75, 3.05) is 6.54 Å². The fourth-order valence-electron chi connectivity index (χ4n) is 1.82. The molecule has 0 saturated heterocycles. The van der Waals surface area contributed by atoms with E-state index in [0.29, 0.717) is 18.4 Å². The lowest BCUT2D eigenvalue weighted by molar-refractivity contribution is -0.153. The smallest absolute Gasteiger partial charge is 0.311 e. The second kappa shape index (κ2) is 4.00. The van der Waals surface area contributed by atoms with Gasteiger partial charge < -0.3 is 14.8 Å². The Balaban J connectivity index is 1.92. The van der Waals surface area contributed by atoms with E-state index in [9.17, 15) is 9.59 Å². The van der Waals surface area contributed by atoms with Crippen molar-refractivity contribution in [1.82, 2.24) is 5.32 Å². The van der Waals surface area contributed by atoms with Gasteiger partial charge in [-0.25, -0.2) is 0 Å². The van der Waals surface area contributed by atoms with Crippen LogP contribution in [-0.2, 0) is 4.79 Å². The number of hydrogen-bond acceptors (Lipinski definition) is 3. The summed E-state index contributed by atoms with van der Waals surface area (Å²) >= 11 is 0. The first kappa shape index (κ1) is 10.7. The van der Waals surface area contributed by atoms with E-state index < -0.39 is 11.4 Å². The van der Waals surface area contributed by atoms with Gasteiger partial charge in [0.15, 0.2) is 0 Å². The molecule has 5 heteroatoms. The summed E-state index contributed by atoms with van der Waals surface area (Å²) in [5, 5.41) is 11.7. The maximum Gasteiger partial charge on any atom is 0.311 e. The first-order valence-corrected chi connectivity index (χ1v) is 5.18. The Labute approximate surface area is 92.4 Å². The third kappa shape index (κ3) is 1.80. The molecule has 1 fully saturated rings. The first-order valence-electron chi connectivity index (χ1n) is 5.18. The molecule has 5 nitrogen and oxygen atoms in total. The van der Waals surface area contributed by atoms with Gasteiger partial charge in [0.25, 0.3) is 5.91 Å². The molecule has 2 rings (SSSR count). The summed E-state index contributed by atoms with van der Waals surface area (Å²) in [5.41, 5.74) is -0.334. The van der Waals surface area contributed by atoms with Crippen LogP contribution >= 0.6 is 0 Å². The SMILES string of the molecule is O=C(NCC1(C(=O)O)CCC1)c1ccoc1. The third-order valence-electron chi connectivity index (χ3n) is 3.14. The summed E-state index contributed by atoms with van der Waals surface area (Å²) in [6, 6.07) is 1.55. The molecule has 16 heavy (non-hydrogen) atoms. The minimum atomic E-state index is -0.828. The van der Waals surface area contributed by atoms with Gasteiger partial charge in [0.2, 0.25) is 0 Å². The van der Waals surface area contributed by atoms with Crippen molar-refractivity contribution in [3.63, 3.8) is 0 Å². The second-order valence-electron chi connectivity index (χ2n) is 4.13. The lowest BCUT2D eigenvalue weighted by Crippen LogP contribution is -2.47. The van der Waals surface area contributed by atoms with Crippen LogP contribution in [0, 0.1) is 5.41 Å². The van der Waals surface area contributed by atoms with Crippen molar-refractivity contribution in [1.29, 1.82) is 0 Å². The molecule has 1 aliphatic carbocycles. The highest BCUT2D eigenvalue weighted by Crippen LogP contribution is 2.40. The quantitative estimate of drug-likeness (QED) is 0.805. The number of carboxylic acid groups (broad SMARTS) is 1. The third-order valence-corrected chi connectivity index (χ3v) is 3.14. The van der Waals surface area contributed by atoms with E-state index in [-0.39, 0.29) is 12.5 Å². The van der Waals surface area contributed by atoms with Crippen LogP contribution in [0.4, 0.5) is 0 Å². The molecule has 0 atom stereocenters. The highest BCUT2D eigenvalue weighted by molar-refractivity contribution is 5.94. The van der Waals surface area contributed by atoms with Crippen LogP contribution in [0.5, 0.6) is 0 Å². The number of rotatable bonds is 4. The molecule has 0 aromatic carbocycles. The molecular weight excluding hydrogens is 210 g/mol. The summed E-state index contributed by atoms with van der Waals surface area (Å²) < 4.78 is 4.78. The van der Waals surface area contributed by atoms with Gasteiger partial charge in [-0.1, -0.05) is 6.42 Å². The summed E-state index contributed by atoms with van der Waals surface area (Å²) in [6.07, 6.45) is 4.92. The molecule has 1 aromatic heterocycles. The summed E-state index contributed by atoms with van der Waals surface area (Å²) in [7, 11) is 0. The van der Waals surface area contributed by atoms with Crippen LogP contribution < -0.4 is 5.32 Å². The first-order chi connectivity index (χ1) is 7.64. The monoisotopic (exact) mass is 223 g/mol. The molecule has 1 aliphatic rings. The zero-order valence-corrected chi connectivity index (χ0v) is 8.73. The highest BCUT2D eigenvalue weighted by atomic mass is 16.4. The van der Waals surface area contributed by atoms with Gasteiger partial charge in [0.05, 0.1) is 17.2 Å². The molecule has 1 amide bonds. The van der Waals surface area contributed by atoms with Crippen molar-refractivity contribution in [3.05, 3.63) is 24.2 Å². The topological polar surface area (TPSA) is 79.5 Å². The Hall–Kier alpha value is -1.78. The number of furan rings is 1. The molecule has 0 unspecified atom stereocenters. The van der Waals surface area contributed by atoms with E-state index in [1.54, 1.807) is 6.07 Å². The van der Waals surface area contributed by atoms with E-state index >= 15 is 0 Å². The number of carboxylic acids is 1. The van der Waals surface area contributed by atoms with E-state index in [1.165, 1.54) is 12.5 Å². The van der Waals surface area contributed by atoms with Gasteiger partial charge in [-0.15, -0.1) is 0 Å². The van der Waals surface area contributed by atoms with Crippen LogP contribution in [0.25, 0.3) is 0 Å². The molecule has 0 spiro atoms. The van der Waals surface area contributed by atoms with Crippen molar-refractivity contribution in [2.24, 2.45) is 5.41 Å². The van der Waals surface area contributed by atoms with Crippen LogP contribution in [-0.4, -0.2) is 23.5 Å². The Morgan fingerprint density at radius 3 is 2.69 bits per heavy atom. The molecular formula is C11H13NO4. The number of aliphatic carboxylic acids is 1. The van der Waals surface area contributed by atoms with Crippen LogP contribution in [0.15, 0.2) is 23.0 Å². The average Bonchev–Trinajstić information content (AvgIpc) is 2.67. The lowest BCUT2D eigenvalue weighted by Gasteiger charge is -2.37. The molecule has 0 radical (unpaired) electrons. The number of carbonyl (C=O) groups is 2. The van der Waals surface area contributed by atoms with Crippen LogP contribution in [0.3, 0.4) is 0 Å². The van der Waals surface area contributed by atoms with Crippen LogP contribution in [0.1, 0.15) is 29.6 Å². The van der Waals surface area contributed by atoms with Crippen molar-refractivity contribution in [2.45, 2.75) is 19.3 Å². The lowest BCUT2D eigenvalue weighted by atomic mass is 9.69. The Morgan fingerprint density at radius 2 is 2.25 bits per heavy atom. The highest BCUT2D eigenvalue weighted by Gasteiger charge is 2.44. The number of nitrogens with one attached hydrogen (secondary N) is 1. The van der Waals surface area contributed by atoms with Gasteiger partial charge >= 0.3 is 5.97 Å². The molecule has 1 aromatic rings.